The lowest BCUT2D eigenvalue weighted by atomic mass is 10.0. The normalized spacial score (nSPS) is 11.7. The highest BCUT2D eigenvalue weighted by molar-refractivity contribution is 7.23. The van der Waals surface area contributed by atoms with Gasteiger partial charge in [0.2, 0.25) is 0 Å². The van der Waals surface area contributed by atoms with E-state index in [4.69, 9.17) is 16.6 Å². The summed E-state index contributed by atoms with van der Waals surface area (Å²) in [7, 11) is 0. The maximum absolute atomic E-state index is 13.9. The van der Waals surface area contributed by atoms with Crippen molar-refractivity contribution in [3.05, 3.63) is 75.4 Å². The second-order valence-corrected chi connectivity index (χ2v) is 11.1. The van der Waals surface area contributed by atoms with Gasteiger partial charge in [0.15, 0.2) is 5.13 Å². The van der Waals surface area contributed by atoms with Gasteiger partial charge in [0.05, 0.1) is 27.5 Å². The predicted octanol–water partition coefficient (Wildman–Crippen LogP) is 7.45. The Bertz CT molecular complexity index is 1510. The second kappa shape index (κ2) is 9.13. The Balaban J connectivity index is 1.58. The summed E-state index contributed by atoms with van der Waals surface area (Å²) in [6.07, 6.45) is 0. The predicted molar refractivity (Wildman–Crippen MR) is 144 cm³/mol. The average molecular weight is 509 g/mol. The quantitative estimate of drug-likeness (QED) is 0.239. The Labute approximate surface area is 211 Å². The van der Waals surface area contributed by atoms with Gasteiger partial charge in [-0.15, -0.1) is 11.3 Å². The number of benzene rings is 2. The Morgan fingerprint density at radius 2 is 1.85 bits per heavy atom. The van der Waals surface area contributed by atoms with Gasteiger partial charge in [-0.2, -0.15) is 5.10 Å². The number of aromatic nitrogens is 3. The zero-order valence-corrected chi connectivity index (χ0v) is 21.9. The molecule has 5 rings (SSSR count). The van der Waals surface area contributed by atoms with Crippen LogP contribution in [0.3, 0.4) is 0 Å². The number of thiazole rings is 1. The molecule has 2 aromatic carbocycles. The number of hydrogen-bond acceptors (Lipinski definition) is 5. The van der Waals surface area contributed by atoms with Gasteiger partial charge in [-0.25, -0.2) is 4.98 Å². The van der Waals surface area contributed by atoms with Crippen molar-refractivity contribution in [1.82, 2.24) is 14.8 Å². The zero-order chi connectivity index (χ0) is 24.0. The van der Waals surface area contributed by atoms with Crippen molar-refractivity contribution in [3.63, 3.8) is 0 Å². The van der Waals surface area contributed by atoms with Crippen LogP contribution in [0.1, 0.15) is 46.4 Å². The number of nitrogens with zero attached hydrogens (tertiary/aromatic N) is 4. The molecule has 0 saturated carbocycles. The fraction of sp³-hybridized carbons (Fsp3) is 0.269. The van der Waals surface area contributed by atoms with Crippen molar-refractivity contribution in [2.45, 2.75) is 40.2 Å². The van der Waals surface area contributed by atoms with Gasteiger partial charge < -0.3 is 0 Å². The van der Waals surface area contributed by atoms with E-state index >= 15 is 0 Å². The highest BCUT2D eigenvalue weighted by Gasteiger charge is 2.27. The van der Waals surface area contributed by atoms with E-state index in [0.717, 1.165) is 31.7 Å². The molecule has 0 aliphatic rings. The van der Waals surface area contributed by atoms with Crippen LogP contribution in [0.4, 0.5) is 5.13 Å². The number of aryl methyl sites for hydroxylation is 2. The van der Waals surface area contributed by atoms with E-state index in [9.17, 15) is 4.79 Å². The first kappa shape index (κ1) is 23.0. The Morgan fingerprint density at radius 3 is 2.56 bits per heavy atom. The van der Waals surface area contributed by atoms with Gasteiger partial charge in [0.25, 0.3) is 5.91 Å². The van der Waals surface area contributed by atoms with E-state index < -0.39 is 0 Å². The summed E-state index contributed by atoms with van der Waals surface area (Å²) in [5, 5.41) is 6.67. The third kappa shape index (κ3) is 4.13. The molecule has 3 aromatic heterocycles. The maximum Gasteiger partial charge on any atom is 0.271 e. The van der Waals surface area contributed by atoms with Crippen LogP contribution in [0.25, 0.3) is 20.3 Å². The standard InChI is InChI=1S/C26H25ClN4OS2/c1-15(2)18-9-7-11-21-23(18)28-26(34-21)30(12-13-31-17(4)14-16(3)29-31)25(32)24-22(27)19-8-5-6-10-20(19)33-24/h5-11,14-15H,12-13H2,1-4H3. The van der Waals surface area contributed by atoms with E-state index in [1.807, 2.05) is 48.9 Å². The first-order valence-corrected chi connectivity index (χ1v) is 13.2. The van der Waals surface area contributed by atoms with Crippen LogP contribution in [-0.2, 0) is 6.54 Å². The number of fused-ring (bicyclic) bond motifs is 2. The molecule has 3 heterocycles. The molecule has 0 radical (unpaired) electrons. The number of rotatable bonds is 6. The van der Waals surface area contributed by atoms with Crippen molar-refractivity contribution in [3.8, 4) is 0 Å². The largest absolute Gasteiger partial charge is 0.281 e. The zero-order valence-electron chi connectivity index (χ0n) is 19.5. The minimum absolute atomic E-state index is 0.127. The van der Waals surface area contributed by atoms with Crippen molar-refractivity contribution in [1.29, 1.82) is 0 Å². The molecule has 0 fully saturated rings. The first-order chi connectivity index (χ1) is 16.3. The number of hydrogen-bond donors (Lipinski definition) is 0. The van der Waals surface area contributed by atoms with Crippen molar-refractivity contribution >= 4 is 65.6 Å². The van der Waals surface area contributed by atoms with Crippen LogP contribution in [0.2, 0.25) is 5.02 Å². The molecule has 0 saturated heterocycles. The molecule has 0 bridgehead atoms. The Hall–Kier alpha value is -2.74. The summed E-state index contributed by atoms with van der Waals surface area (Å²) in [5.41, 5.74) is 4.18. The topological polar surface area (TPSA) is 51.0 Å². The minimum Gasteiger partial charge on any atom is -0.281 e. The van der Waals surface area contributed by atoms with Gasteiger partial charge in [-0.05, 0) is 43.5 Å². The van der Waals surface area contributed by atoms with Gasteiger partial charge >= 0.3 is 0 Å². The van der Waals surface area contributed by atoms with E-state index in [2.05, 4.69) is 37.1 Å². The van der Waals surface area contributed by atoms with Gasteiger partial charge in [-0.1, -0.05) is 67.1 Å². The third-order valence-electron chi connectivity index (χ3n) is 5.90. The molecule has 0 spiro atoms. The smallest absolute Gasteiger partial charge is 0.271 e. The maximum atomic E-state index is 13.9. The van der Waals surface area contributed by atoms with Crippen LogP contribution in [0.5, 0.6) is 0 Å². The minimum atomic E-state index is -0.127. The lowest BCUT2D eigenvalue weighted by Crippen LogP contribution is -2.34. The number of thiophene rings is 1. The molecular formula is C26H25ClN4OS2. The average Bonchev–Trinajstić information content (AvgIpc) is 3.48. The summed E-state index contributed by atoms with van der Waals surface area (Å²) in [4.78, 5) is 21.2. The number of carbonyl (C=O) groups is 1. The fourth-order valence-electron chi connectivity index (χ4n) is 4.19. The lowest BCUT2D eigenvalue weighted by molar-refractivity contribution is 0.0990. The van der Waals surface area contributed by atoms with Crippen molar-refractivity contribution < 1.29 is 4.79 Å². The molecule has 0 unspecified atom stereocenters. The van der Waals surface area contributed by atoms with Crippen LogP contribution in [0.15, 0.2) is 48.5 Å². The van der Waals surface area contributed by atoms with Gasteiger partial charge in [-0.3, -0.25) is 14.4 Å². The van der Waals surface area contributed by atoms with Crippen LogP contribution < -0.4 is 4.90 Å². The van der Waals surface area contributed by atoms with E-state index in [0.29, 0.717) is 34.0 Å². The molecule has 0 aliphatic heterocycles. The summed E-state index contributed by atoms with van der Waals surface area (Å²) < 4.78 is 4.02. The monoisotopic (exact) mass is 508 g/mol. The van der Waals surface area contributed by atoms with E-state index in [-0.39, 0.29) is 5.91 Å². The summed E-state index contributed by atoms with van der Waals surface area (Å²) in [6.45, 7) is 9.35. The second-order valence-electron chi connectivity index (χ2n) is 8.69. The van der Waals surface area contributed by atoms with Gasteiger partial charge in [0.1, 0.15) is 4.88 Å². The van der Waals surface area contributed by atoms with Crippen LogP contribution in [-0.4, -0.2) is 27.2 Å². The van der Waals surface area contributed by atoms with Crippen molar-refractivity contribution in [2.24, 2.45) is 0 Å². The Morgan fingerprint density at radius 1 is 1.09 bits per heavy atom. The lowest BCUT2D eigenvalue weighted by Gasteiger charge is -2.20. The van der Waals surface area contributed by atoms with Crippen molar-refractivity contribution in [2.75, 3.05) is 11.4 Å². The van der Waals surface area contributed by atoms with Crippen LogP contribution in [0, 0.1) is 13.8 Å². The van der Waals surface area contributed by atoms with E-state index in [1.165, 1.54) is 16.9 Å². The number of para-hydroxylation sites is 1. The van der Waals surface area contributed by atoms with Gasteiger partial charge in [0, 0.05) is 22.3 Å². The SMILES string of the molecule is Cc1cc(C)n(CCN(C(=O)c2sc3ccccc3c2Cl)c2nc3c(C(C)C)cccc3s2)n1. The number of amides is 1. The summed E-state index contributed by atoms with van der Waals surface area (Å²) in [6, 6.07) is 16.1. The number of halogens is 1. The highest BCUT2D eigenvalue weighted by Crippen LogP contribution is 2.38. The summed E-state index contributed by atoms with van der Waals surface area (Å²) >= 11 is 9.68. The molecule has 0 aliphatic carbocycles. The van der Waals surface area contributed by atoms with E-state index in [1.54, 1.807) is 16.2 Å². The Kier molecular flexibility index (Phi) is 6.18. The molecule has 5 nitrogen and oxygen atoms in total. The third-order valence-corrected chi connectivity index (χ3v) is 8.61. The molecule has 5 aromatic rings. The summed E-state index contributed by atoms with van der Waals surface area (Å²) in [5.74, 6) is 0.215. The number of anilines is 1. The molecular weight excluding hydrogens is 484 g/mol. The first-order valence-electron chi connectivity index (χ1n) is 11.2. The highest BCUT2D eigenvalue weighted by atomic mass is 35.5. The molecule has 34 heavy (non-hydrogen) atoms. The fourth-order valence-corrected chi connectivity index (χ4v) is 6.68. The molecule has 8 heteroatoms. The molecule has 1 amide bonds. The molecule has 0 atom stereocenters. The molecule has 0 N–H and O–H groups in total. The number of carbonyl (C=O) groups excluding carboxylic acids is 1. The molecule has 174 valence electrons. The van der Waals surface area contributed by atoms with Crippen LogP contribution >= 0.6 is 34.3 Å².